The van der Waals surface area contributed by atoms with Gasteiger partial charge in [0, 0.05) is 43.3 Å². The van der Waals surface area contributed by atoms with Gasteiger partial charge in [0.05, 0.1) is 11.4 Å². The Morgan fingerprint density at radius 2 is 1.51 bits per heavy atom. The van der Waals surface area contributed by atoms with Gasteiger partial charge in [0.15, 0.2) is 11.5 Å². The van der Waals surface area contributed by atoms with Crippen LogP contribution in [-0.2, 0) is 19.6 Å². The number of imidazole rings is 1. The average molecular weight is 579 g/mol. The van der Waals surface area contributed by atoms with Crippen LogP contribution < -0.4 is 9.47 Å². The number of rotatable bonds is 12. The Balaban J connectivity index is 1.37. The highest BCUT2D eigenvalue weighted by molar-refractivity contribution is 5.68. The molecule has 0 saturated heterocycles. The first-order valence-corrected chi connectivity index (χ1v) is 16.1. The van der Waals surface area contributed by atoms with Crippen LogP contribution in [0.4, 0.5) is 0 Å². The molecule has 1 saturated carbocycles. The van der Waals surface area contributed by atoms with Gasteiger partial charge in [-0.15, -0.1) is 0 Å². The molecular weight excluding hydrogens is 532 g/mol. The van der Waals surface area contributed by atoms with Gasteiger partial charge in [-0.1, -0.05) is 80.1 Å². The van der Waals surface area contributed by atoms with Crippen LogP contribution in [0.5, 0.6) is 11.5 Å². The second-order valence-corrected chi connectivity index (χ2v) is 12.5. The van der Waals surface area contributed by atoms with Crippen molar-refractivity contribution in [1.82, 2.24) is 19.4 Å². The van der Waals surface area contributed by atoms with Crippen LogP contribution in [-0.4, -0.2) is 52.8 Å². The van der Waals surface area contributed by atoms with Gasteiger partial charge in [-0.2, -0.15) is 0 Å². The van der Waals surface area contributed by atoms with Crippen LogP contribution in [0.1, 0.15) is 56.7 Å². The molecule has 0 spiro atoms. The molecule has 0 radical (unpaired) electrons. The van der Waals surface area contributed by atoms with Gasteiger partial charge in [-0.05, 0) is 69.8 Å². The number of unbranched alkanes of at least 4 members (excludes halogenated alkanes) is 1. The van der Waals surface area contributed by atoms with Gasteiger partial charge in [0.25, 0.3) is 0 Å². The zero-order chi connectivity index (χ0) is 29.6. The SMILES string of the molecule is CCCCn1c(-c2ccccc2)nc(-c2ccccc2)c1CN(Cc1ccc2c(c1)OCO2)CC1CCC(N(C)C)CC1. The highest BCUT2D eigenvalue weighted by Gasteiger charge is 2.27. The van der Waals surface area contributed by atoms with E-state index in [0.717, 1.165) is 62.0 Å². The van der Waals surface area contributed by atoms with Crippen molar-refractivity contribution < 1.29 is 9.47 Å². The minimum absolute atomic E-state index is 0.303. The largest absolute Gasteiger partial charge is 0.454 e. The number of nitrogens with zero attached hydrogens (tertiary/aromatic N) is 4. The molecule has 0 amide bonds. The smallest absolute Gasteiger partial charge is 0.231 e. The van der Waals surface area contributed by atoms with Gasteiger partial charge >= 0.3 is 0 Å². The lowest BCUT2D eigenvalue weighted by atomic mass is 9.85. The van der Waals surface area contributed by atoms with Crippen molar-refractivity contribution in [2.75, 3.05) is 27.4 Å². The molecule has 4 aromatic rings. The van der Waals surface area contributed by atoms with E-state index in [9.17, 15) is 0 Å². The first kappa shape index (κ1) is 29.5. The molecule has 226 valence electrons. The summed E-state index contributed by atoms with van der Waals surface area (Å²) in [6, 6.07) is 28.6. The van der Waals surface area contributed by atoms with E-state index in [1.165, 1.54) is 48.1 Å². The Kier molecular flexibility index (Phi) is 9.45. The Labute approximate surface area is 257 Å². The van der Waals surface area contributed by atoms with Crippen LogP contribution >= 0.6 is 0 Å². The normalized spacial score (nSPS) is 18.1. The van der Waals surface area contributed by atoms with E-state index in [1.807, 2.05) is 0 Å². The quantitative estimate of drug-likeness (QED) is 0.171. The second-order valence-electron chi connectivity index (χ2n) is 12.5. The van der Waals surface area contributed by atoms with Crippen LogP contribution in [0.3, 0.4) is 0 Å². The zero-order valence-corrected chi connectivity index (χ0v) is 26.0. The minimum Gasteiger partial charge on any atom is -0.454 e. The molecule has 1 fully saturated rings. The molecule has 6 heteroatoms. The molecule has 6 nitrogen and oxygen atoms in total. The molecule has 1 aromatic heterocycles. The molecule has 1 aliphatic heterocycles. The zero-order valence-electron chi connectivity index (χ0n) is 26.0. The van der Waals surface area contributed by atoms with Crippen molar-refractivity contribution in [3.05, 3.63) is 90.1 Å². The highest BCUT2D eigenvalue weighted by atomic mass is 16.7. The van der Waals surface area contributed by atoms with E-state index in [1.54, 1.807) is 0 Å². The molecule has 2 heterocycles. The Morgan fingerprint density at radius 1 is 0.814 bits per heavy atom. The maximum Gasteiger partial charge on any atom is 0.231 e. The fraction of sp³-hybridized carbons (Fsp3) is 0.432. The molecule has 0 unspecified atom stereocenters. The monoisotopic (exact) mass is 578 g/mol. The Bertz CT molecular complexity index is 1460. The summed E-state index contributed by atoms with van der Waals surface area (Å²) in [5.41, 5.74) is 6.02. The van der Waals surface area contributed by atoms with Gasteiger partial charge in [-0.3, -0.25) is 4.90 Å². The fourth-order valence-electron chi connectivity index (χ4n) is 6.74. The molecule has 1 aliphatic carbocycles. The Hall–Kier alpha value is -3.61. The van der Waals surface area contributed by atoms with Crippen molar-refractivity contribution in [3.8, 4) is 34.1 Å². The third-order valence-corrected chi connectivity index (χ3v) is 9.17. The molecule has 3 aromatic carbocycles. The summed E-state index contributed by atoms with van der Waals surface area (Å²) in [5, 5.41) is 0. The van der Waals surface area contributed by atoms with Gasteiger partial charge in [0.2, 0.25) is 6.79 Å². The number of aromatic nitrogens is 2. The Morgan fingerprint density at radius 3 is 2.21 bits per heavy atom. The molecule has 43 heavy (non-hydrogen) atoms. The maximum atomic E-state index is 5.76. The van der Waals surface area contributed by atoms with Gasteiger partial charge in [-0.25, -0.2) is 4.98 Å². The van der Waals surface area contributed by atoms with Crippen molar-refractivity contribution in [2.45, 2.75) is 71.1 Å². The lowest BCUT2D eigenvalue weighted by molar-refractivity contribution is 0.143. The molecule has 0 bridgehead atoms. The van der Waals surface area contributed by atoms with E-state index in [2.05, 4.69) is 114 Å². The standard InChI is InChI=1S/C37H46N4O2/c1-4-5-22-41-33(36(30-12-8-6-9-13-30)38-37(41)31-14-10-7-11-15-31)26-40(24-28-16-19-32(20-17-28)39(2)3)25-29-18-21-34-35(23-29)43-27-42-34/h6-15,18,21,23,28,32H,4-5,16-17,19-20,22,24-27H2,1-3H3. The minimum atomic E-state index is 0.303. The summed E-state index contributed by atoms with van der Waals surface area (Å²) >= 11 is 0. The van der Waals surface area contributed by atoms with Crippen molar-refractivity contribution in [3.63, 3.8) is 0 Å². The summed E-state index contributed by atoms with van der Waals surface area (Å²) in [4.78, 5) is 10.5. The number of benzene rings is 3. The average Bonchev–Trinajstić information content (AvgIpc) is 3.65. The second kappa shape index (κ2) is 13.8. The first-order chi connectivity index (χ1) is 21.1. The van der Waals surface area contributed by atoms with E-state index < -0.39 is 0 Å². The van der Waals surface area contributed by atoms with E-state index in [0.29, 0.717) is 18.8 Å². The predicted molar refractivity (Wildman–Crippen MR) is 174 cm³/mol. The molecule has 6 rings (SSSR count). The fourth-order valence-corrected chi connectivity index (χ4v) is 6.74. The number of hydrogen-bond donors (Lipinski definition) is 0. The van der Waals surface area contributed by atoms with Crippen molar-refractivity contribution >= 4 is 0 Å². The van der Waals surface area contributed by atoms with Crippen LogP contribution in [0.2, 0.25) is 0 Å². The predicted octanol–water partition coefficient (Wildman–Crippen LogP) is 7.87. The lowest BCUT2D eigenvalue weighted by Crippen LogP contribution is -2.36. The van der Waals surface area contributed by atoms with E-state index in [4.69, 9.17) is 14.5 Å². The molecule has 2 aliphatic rings. The maximum absolute atomic E-state index is 5.76. The van der Waals surface area contributed by atoms with E-state index in [-0.39, 0.29) is 0 Å². The lowest BCUT2D eigenvalue weighted by Gasteiger charge is -2.35. The molecule has 0 atom stereocenters. The van der Waals surface area contributed by atoms with Gasteiger partial charge < -0.3 is 18.9 Å². The van der Waals surface area contributed by atoms with Crippen LogP contribution in [0.15, 0.2) is 78.9 Å². The van der Waals surface area contributed by atoms with Crippen molar-refractivity contribution in [1.29, 1.82) is 0 Å². The number of ether oxygens (including phenoxy) is 2. The summed E-state index contributed by atoms with van der Waals surface area (Å²) in [5.74, 6) is 3.45. The highest BCUT2D eigenvalue weighted by Crippen LogP contribution is 2.35. The third-order valence-electron chi connectivity index (χ3n) is 9.17. The molecule has 0 N–H and O–H groups in total. The van der Waals surface area contributed by atoms with Crippen LogP contribution in [0.25, 0.3) is 22.6 Å². The topological polar surface area (TPSA) is 42.8 Å². The summed E-state index contributed by atoms with van der Waals surface area (Å²) in [7, 11) is 4.45. The third kappa shape index (κ3) is 6.97. The van der Waals surface area contributed by atoms with Crippen molar-refractivity contribution in [2.24, 2.45) is 5.92 Å². The summed E-state index contributed by atoms with van der Waals surface area (Å²) in [6.07, 6.45) is 7.36. The van der Waals surface area contributed by atoms with Crippen LogP contribution in [0, 0.1) is 5.92 Å². The number of hydrogen-bond acceptors (Lipinski definition) is 5. The van der Waals surface area contributed by atoms with E-state index >= 15 is 0 Å². The first-order valence-electron chi connectivity index (χ1n) is 16.1. The number of fused-ring (bicyclic) bond motifs is 1. The summed E-state index contributed by atoms with van der Waals surface area (Å²) in [6.45, 7) is 6.31. The summed E-state index contributed by atoms with van der Waals surface area (Å²) < 4.78 is 13.9. The van der Waals surface area contributed by atoms with Gasteiger partial charge in [0.1, 0.15) is 5.82 Å². The molecular formula is C37H46N4O2.